The van der Waals surface area contributed by atoms with Crippen molar-refractivity contribution in [3.8, 4) is 0 Å². The fourth-order valence-electron chi connectivity index (χ4n) is 4.18. The van der Waals surface area contributed by atoms with Gasteiger partial charge in [0.15, 0.2) is 0 Å². The van der Waals surface area contributed by atoms with Crippen LogP contribution in [-0.4, -0.2) is 37.3 Å². The molecule has 4 atom stereocenters. The number of rotatable bonds is 12. The van der Waals surface area contributed by atoms with E-state index in [-0.39, 0.29) is 21.0 Å². The number of hydrogen-bond donors (Lipinski definition) is 12. The van der Waals surface area contributed by atoms with E-state index < -0.39 is 21.7 Å². The van der Waals surface area contributed by atoms with Gasteiger partial charge in [-0.25, -0.2) is 0 Å². The predicted octanol–water partition coefficient (Wildman–Crippen LogP) is 7.03. The molecule has 0 aromatic rings. The van der Waals surface area contributed by atoms with Crippen LogP contribution in [0.5, 0.6) is 0 Å². The topological polar surface area (TPSA) is 0 Å². The second-order valence-electron chi connectivity index (χ2n) is 8.23. The lowest BCUT2D eigenvalue weighted by molar-refractivity contribution is 0.162. The first-order valence-electron chi connectivity index (χ1n) is 9.18. The Morgan fingerprint density at radius 1 is 0.414 bits per heavy atom. The quantitative estimate of drug-likeness (QED) is 0.0797. The van der Waals surface area contributed by atoms with E-state index in [1.807, 2.05) is 27.7 Å². The molecule has 0 saturated heterocycles. The highest BCUT2D eigenvalue weighted by molar-refractivity contribution is 8.06. The average Bonchev–Trinajstić information content (AvgIpc) is 2.28. The van der Waals surface area contributed by atoms with Crippen molar-refractivity contribution in [2.75, 3.05) is 0 Å². The molecule has 0 spiro atoms. The van der Waals surface area contributed by atoms with E-state index >= 15 is 0 Å². The van der Waals surface area contributed by atoms with Crippen LogP contribution in [0, 0.1) is 5.41 Å². The van der Waals surface area contributed by atoms with Crippen LogP contribution in [0.1, 0.15) is 53.4 Å². The smallest absolute Gasteiger partial charge is 0.0682 e. The van der Waals surface area contributed by atoms with Crippen molar-refractivity contribution in [2.45, 2.75) is 90.7 Å². The van der Waals surface area contributed by atoms with Gasteiger partial charge in [-0.1, -0.05) is 27.7 Å². The third kappa shape index (κ3) is 8.10. The van der Waals surface area contributed by atoms with Crippen molar-refractivity contribution in [1.82, 2.24) is 0 Å². The molecule has 0 heterocycles. The fraction of sp³-hybridized carbons (Fsp3) is 1.00. The molecule has 0 aliphatic carbocycles. The van der Waals surface area contributed by atoms with Gasteiger partial charge in [-0.3, -0.25) is 0 Å². The van der Waals surface area contributed by atoms with Gasteiger partial charge in [-0.05, 0) is 25.7 Å². The first kappa shape index (κ1) is 33.2. The molecule has 0 radical (unpaired) electrons. The van der Waals surface area contributed by atoms with Gasteiger partial charge in [0.25, 0.3) is 0 Å². The second-order valence-corrected chi connectivity index (χ2v) is 19.3. The van der Waals surface area contributed by atoms with Gasteiger partial charge in [-0.15, -0.1) is 0 Å². The minimum absolute atomic E-state index is 0.00736. The predicted molar refractivity (Wildman–Crippen MR) is 178 cm³/mol. The van der Waals surface area contributed by atoms with E-state index in [0.29, 0.717) is 25.7 Å². The SMILES string of the molecule is CC(S)CC(S)(S)C(C(S)(S)CC(C)S)(C(S)(S)CC(C)S)C(S)(S)CC(C)S. The van der Waals surface area contributed by atoms with E-state index in [4.69, 9.17) is 101 Å². The molecule has 12 heteroatoms. The first-order valence-corrected chi connectivity index (χ1v) is 14.8. The standard InChI is InChI=1S/C17H36S12/c1-9(18)5-13(22,23)17(14(24,25)6-10(2)19,15(26,27)7-11(3)20)16(28,29)8-12(4)21/h9-12,18-29H,5-8H2,1-4H3. The summed E-state index contributed by atoms with van der Waals surface area (Å²) in [6, 6.07) is 0. The lowest BCUT2D eigenvalue weighted by atomic mass is 9.67. The van der Waals surface area contributed by atoms with Gasteiger partial charge in [0.05, 0.1) is 21.7 Å². The summed E-state index contributed by atoms with van der Waals surface area (Å²) in [7, 11) is 0. The maximum absolute atomic E-state index is 5.10. The van der Waals surface area contributed by atoms with Crippen LogP contribution in [0.4, 0.5) is 0 Å². The van der Waals surface area contributed by atoms with Crippen molar-refractivity contribution in [3.63, 3.8) is 0 Å². The Morgan fingerprint density at radius 3 is 0.655 bits per heavy atom. The Kier molecular flexibility index (Phi) is 14.2. The van der Waals surface area contributed by atoms with Gasteiger partial charge in [0.1, 0.15) is 0 Å². The van der Waals surface area contributed by atoms with E-state index in [1.165, 1.54) is 0 Å². The normalized spacial score (nSPS) is 20.7. The van der Waals surface area contributed by atoms with Crippen LogP contribution in [0.25, 0.3) is 0 Å². The van der Waals surface area contributed by atoms with Crippen LogP contribution in [0.3, 0.4) is 0 Å². The van der Waals surface area contributed by atoms with Crippen molar-refractivity contribution in [1.29, 1.82) is 0 Å². The summed E-state index contributed by atoms with van der Waals surface area (Å²) in [5, 5.41) is -0.0294. The summed E-state index contributed by atoms with van der Waals surface area (Å²) < 4.78 is -4.01. The Balaban J connectivity index is 7.32. The van der Waals surface area contributed by atoms with Crippen molar-refractivity contribution in [3.05, 3.63) is 0 Å². The highest BCUT2D eigenvalue weighted by Crippen LogP contribution is 2.73. The van der Waals surface area contributed by atoms with Gasteiger partial charge in [0, 0.05) is 21.0 Å². The zero-order valence-electron chi connectivity index (χ0n) is 17.0. The summed E-state index contributed by atoms with van der Waals surface area (Å²) in [4.78, 5) is 0. The minimum atomic E-state index is -1.07. The molecule has 4 unspecified atom stereocenters. The summed E-state index contributed by atoms with van der Waals surface area (Å²) in [5.74, 6) is 0. The molecule has 29 heavy (non-hydrogen) atoms. The molecule has 0 aliphatic heterocycles. The monoisotopic (exact) mass is 624 g/mol. The van der Waals surface area contributed by atoms with E-state index in [2.05, 4.69) is 50.5 Å². The van der Waals surface area contributed by atoms with Gasteiger partial charge in [0.2, 0.25) is 0 Å². The summed E-state index contributed by atoms with van der Waals surface area (Å²) in [6.45, 7) is 7.98. The lowest BCUT2D eigenvalue weighted by Crippen LogP contribution is -2.71. The van der Waals surface area contributed by atoms with Crippen molar-refractivity contribution >= 4 is 152 Å². The van der Waals surface area contributed by atoms with Crippen LogP contribution in [-0.2, 0) is 0 Å². The second kappa shape index (κ2) is 12.4. The van der Waals surface area contributed by atoms with Crippen LogP contribution in [0.2, 0.25) is 0 Å². The highest BCUT2D eigenvalue weighted by atomic mass is 32.2. The third-order valence-electron chi connectivity index (χ3n) is 4.72. The molecular weight excluding hydrogens is 589 g/mol. The molecular formula is C17H36S12. The maximum Gasteiger partial charge on any atom is 0.0682 e. The summed E-state index contributed by atoms with van der Waals surface area (Å²) in [6.07, 6.45) is 2.05. The van der Waals surface area contributed by atoms with Gasteiger partial charge in [-0.2, -0.15) is 152 Å². The largest absolute Gasteiger partial charge is 0.176 e. The lowest BCUT2D eigenvalue weighted by Gasteiger charge is -2.66. The molecule has 0 bridgehead atoms. The van der Waals surface area contributed by atoms with Gasteiger partial charge < -0.3 is 0 Å². The minimum Gasteiger partial charge on any atom is -0.176 e. The number of hydrogen-bond acceptors (Lipinski definition) is 12. The Morgan fingerprint density at radius 2 is 0.552 bits per heavy atom. The Hall–Kier alpha value is 4.20. The molecule has 0 aliphatic rings. The molecule has 0 N–H and O–H groups in total. The molecule has 0 fully saturated rings. The summed E-state index contributed by atoms with van der Waals surface area (Å²) >= 11 is 59.3. The molecule has 176 valence electrons. The van der Waals surface area contributed by atoms with Crippen molar-refractivity contribution in [2.24, 2.45) is 5.41 Å². The van der Waals surface area contributed by atoms with Crippen LogP contribution < -0.4 is 0 Å². The molecule has 0 rings (SSSR count). The molecule has 0 nitrogen and oxygen atoms in total. The molecule has 0 amide bonds. The zero-order chi connectivity index (χ0) is 23.6. The molecule has 0 saturated carbocycles. The van der Waals surface area contributed by atoms with Crippen molar-refractivity contribution < 1.29 is 0 Å². The number of thiol groups is 12. The Bertz CT molecular complexity index is 417. The maximum atomic E-state index is 5.10. The highest BCUT2D eigenvalue weighted by Gasteiger charge is 2.73. The van der Waals surface area contributed by atoms with E-state index in [1.54, 1.807) is 0 Å². The first-order chi connectivity index (χ1) is 12.7. The third-order valence-corrected chi connectivity index (χ3v) is 9.60. The average molecular weight is 625 g/mol. The zero-order valence-corrected chi connectivity index (χ0v) is 27.7. The summed E-state index contributed by atoms with van der Waals surface area (Å²) in [5.41, 5.74) is -1.07. The van der Waals surface area contributed by atoms with Gasteiger partial charge >= 0.3 is 0 Å². The Labute approximate surface area is 244 Å². The fourth-order valence-corrected chi connectivity index (χ4v) is 15.3. The van der Waals surface area contributed by atoms with Crippen LogP contribution >= 0.6 is 152 Å². The van der Waals surface area contributed by atoms with E-state index in [0.717, 1.165) is 0 Å². The molecule has 0 aromatic carbocycles. The van der Waals surface area contributed by atoms with E-state index in [9.17, 15) is 0 Å². The van der Waals surface area contributed by atoms with Crippen LogP contribution in [0.15, 0.2) is 0 Å². The molecule has 0 aromatic heterocycles.